The second kappa shape index (κ2) is 7.07. The monoisotopic (exact) mass is 330 g/mol. The molecule has 1 fully saturated rings. The first-order valence-electron chi connectivity index (χ1n) is 7.86. The van der Waals surface area contributed by atoms with Crippen molar-refractivity contribution in [3.63, 3.8) is 0 Å². The lowest BCUT2D eigenvalue weighted by Gasteiger charge is -2.30. The van der Waals surface area contributed by atoms with E-state index in [-0.39, 0.29) is 0 Å². The quantitative estimate of drug-likeness (QED) is 0.862. The maximum absolute atomic E-state index is 9.09. The van der Waals surface area contributed by atoms with Gasteiger partial charge in [0.2, 0.25) is 0 Å². The largest absolute Gasteiger partial charge is 0.296 e. The second-order valence-electron chi connectivity index (χ2n) is 6.02. The van der Waals surface area contributed by atoms with Crippen molar-refractivity contribution in [1.82, 2.24) is 25.1 Å². The summed E-state index contributed by atoms with van der Waals surface area (Å²) in [5.41, 5.74) is 1.21. The van der Waals surface area contributed by atoms with Crippen LogP contribution in [0.5, 0.6) is 0 Å². The van der Waals surface area contributed by atoms with Gasteiger partial charge in [0.25, 0.3) is 0 Å². The standard InChI is InChI=1S/C16H19ClN6/c1-22(14-5-3-2-4-6-14)11-16-19-20-21-23(16)15-8-12(10-18)7-13(17)9-15/h7-9,14H,2-6,11H2,1H3. The van der Waals surface area contributed by atoms with Crippen molar-refractivity contribution in [2.45, 2.75) is 44.7 Å². The van der Waals surface area contributed by atoms with Gasteiger partial charge in [0.1, 0.15) is 0 Å². The molecule has 0 spiro atoms. The van der Waals surface area contributed by atoms with Crippen LogP contribution < -0.4 is 0 Å². The summed E-state index contributed by atoms with van der Waals surface area (Å²) in [5.74, 6) is 0.754. The van der Waals surface area contributed by atoms with E-state index in [9.17, 15) is 0 Å². The van der Waals surface area contributed by atoms with Gasteiger partial charge in [-0.1, -0.05) is 30.9 Å². The molecule has 0 aliphatic heterocycles. The molecule has 1 heterocycles. The van der Waals surface area contributed by atoms with Gasteiger partial charge in [-0.15, -0.1) is 5.10 Å². The Morgan fingerprint density at radius 1 is 1.30 bits per heavy atom. The topological polar surface area (TPSA) is 70.6 Å². The number of tetrazole rings is 1. The summed E-state index contributed by atoms with van der Waals surface area (Å²) < 4.78 is 1.66. The van der Waals surface area contributed by atoms with E-state index in [1.54, 1.807) is 22.9 Å². The highest BCUT2D eigenvalue weighted by molar-refractivity contribution is 6.30. The summed E-state index contributed by atoms with van der Waals surface area (Å²) in [7, 11) is 2.12. The average molecular weight is 331 g/mol. The maximum Gasteiger partial charge on any atom is 0.170 e. The summed E-state index contributed by atoms with van der Waals surface area (Å²) in [4.78, 5) is 2.32. The fraction of sp³-hybridized carbons (Fsp3) is 0.500. The van der Waals surface area contributed by atoms with Gasteiger partial charge in [0, 0.05) is 11.1 Å². The maximum atomic E-state index is 9.09. The minimum absolute atomic E-state index is 0.495. The lowest BCUT2D eigenvalue weighted by atomic mass is 9.94. The molecule has 1 aromatic carbocycles. The van der Waals surface area contributed by atoms with Gasteiger partial charge in [0.05, 0.1) is 23.9 Å². The predicted molar refractivity (Wildman–Crippen MR) is 87.2 cm³/mol. The van der Waals surface area contributed by atoms with Crippen molar-refractivity contribution in [3.05, 3.63) is 34.6 Å². The Morgan fingerprint density at radius 3 is 2.83 bits per heavy atom. The second-order valence-corrected chi connectivity index (χ2v) is 6.46. The molecule has 1 saturated carbocycles. The van der Waals surface area contributed by atoms with Crippen LogP contribution in [-0.4, -0.2) is 38.2 Å². The molecule has 0 atom stereocenters. The van der Waals surface area contributed by atoms with Crippen LogP contribution in [0.25, 0.3) is 5.69 Å². The Morgan fingerprint density at radius 2 is 2.09 bits per heavy atom. The molecular weight excluding hydrogens is 312 g/mol. The molecular formula is C16H19ClN6. The zero-order valence-electron chi connectivity index (χ0n) is 13.1. The number of hydrogen-bond donors (Lipinski definition) is 0. The first kappa shape index (κ1) is 15.9. The number of aromatic nitrogens is 4. The molecule has 23 heavy (non-hydrogen) atoms. The Labute approximate surface area is 140 Å². The molecule has 1 aliphatic carbocycles. The number of nitrogens with zero attached hydrogens (tertiary/aromatic N) is 6. The molecule has 0 radical (unpaired) electrons. The highest BCUT2D eigenvalue weighted by Gasteiger charge is 2.20. The van der Waals surface area contributed by atoms with Crippen molar-refractivity contribution < 1.29 is 0 Å². The fourth-order valence-corrected chi connectivity index (χ4v) is 3.37. The number of nitriles is 1. The number of benzene rings is 1. The molecule has 1 aromatic heterocycles. The third kappa shape index (κ3) is 3.69. The fourth-order valence-electron chi connectivity index (χ4n) is 3.14. The first-order chi connectivity index (χ1) is 11.2. The van der Waals surface area contributed by atoms with Crippen LogP contribution in [0.15, 0.2) is 18.2 Å². The van der Waals surface area contributed by atoms with Crippen LogP contribution in [0, 0.1) is 11.3 Å². The van der Waals surface area contributed by atoms with E-state index in [0.717, 1.165) is 5.82 Å². The zero-order chi connectivity index (χ0) is 16.2. The van der Waals surface area contributed by atoms with Crippen LogP contribution in [0.2, 0.25) is 5.02 Å². The van der Waals surface area contributed by atoms with E-state index in [0.29, 0.717) is 28.9 Å². The summed E-state index contributed by atoms with van der Waals surface area (Å²) in [6, 6.07) is 7.83. The average Bonchev–Trinajstić information content (AvgIpc) is 3.03. The minimum Gasteiger partial charge on any atom is -0.296 e. The van der Waals surface area contributed by atoms with E-state index in [1.807, 2.05) is 0 Å². The molecule has 0 saturated heterocycles. The molecule has 7 heteroatoms. The van der Waals surface area contributed by atoms with Crippen LogP contribution in [-0.2, 0) is 6.54 Å². The van der Waals surface area contributed by atoms with Gasteiger partial charge in [-0.25, -0.2) is 0 Å². The number of rotatable bonds is 4. The molecule has 120 valence electrons. The molecule has 1 aliphatic rings. The molecule has 0 N–H and O–H groups in total. The van der Waals surface area contributed by atoms with Crippen molar-refractivity contribution in [1.29, 1.82) is 5.26 Å². The van der Waals surface area contributed by atoms with Gasteiger partial charge in [-0.3, -0.25) is 4.90 Å². The van der Waals surface area contributed by atoms with Crippen LogP contribution >= 0.6 is 11.6 Å². The predicted octanol–water partition coefficient (Wildman–Crippen LogP) is 2.95. The Bertz CT molecular complexity index is 714. The normalized spacial score (nSPS) is 15.7. The van der Waals surface area contributed by atoms with Crippen molar-refractivity contribution >= 4 is 11.6 Å². The van der Waals surface area contributed by atoms with Crippen molar-refractivity contribution in [2.24, 2.45) is 0 Å². The third-order valence-electron chi connectivity index (χ3n) is 4.38. The highest BCUT2D eigenvalue weighted by Crippen LogP contribution is 2.23. The van der Waals surface area contributed by atoms with E-state index in [4.69, 9.17) is 16.9 Å². The van der Waals surface area contributed by atoms with Crippen molar-refractivity contribution in [2.75, 3.05) is 7.05 Å². The van der Waals surface area contributed by atoms with Crippen molar-refractivity contribution in [3.8, 4) is 11.8 Å². The highest BCUT2D eigenvalue weighted by atomic mass is 35.5. The van der Waals surface area contributed by atoms with Crippen LogP contribution in [0.3, 0.4) is 0 Å². The lowest BCUT2D eigenvalue weighted by Crippen LogP contribution is -2.33. The Hall–Kier alpha value is -1.97. The molecule has 0 amide bonds. The molecule has 3 rings (SSSR count). The smallest absolute Gasteiger partial charge is 0.170 e. The van der Waals surface area contributed by atoms with Gasteiger partial charge in [-0.05, 0) is 48.5 Å². The third-order valence-corrected chi connectivity index (χ3v) is 4.60. The number of halogens is 1. The lowest BCUT2D eigenvalue weighted by molar-refractivity contribution is 0.179. The number of hydrogen-bond acceptors (Lipinski definition) is 5. The van der Waals surface area contributed by atoms with E-state index < -0.39 is 0 Å². The first-order valence-corrected chi connectivity index (χ1v) is 8.24. The minimum atomic E-state index is 0.495. The molecule has 6 nitrogen and oxygen atoms in total. The SMILES string of the molecule is CN(Cc1nnnn1-c1cc(Cl)cc(C#N)c1)C1CCCCC1. The molecule has 2 aromatic rings. The Kier molecular flexibility index (Phi) is 4.89. The van der Waals surface area contributed by atoms with Crippen LogP contribution in [0.4, 0.5) is 0 Å². The zero-order valence-corrected chi connectivity index (χ0v) is 13.9. The van der Waals surface area contributed by atoms with E-state index >= 15 is 0 Å². The van der Waals surface area contributed by atoms with Gasteiger partial charge < -0.3 is 0 Å². The van der Waals surface area contributed by atoms with Crippen LogP contribution in [0.1, 0.15) is 43.5 Å². The summed E-state index contributed by atoms with van der Waals surface area (Å²) in [6.45, 7) is 0.673. The van der Waals surface area contributed by atoms with Gasteiger partial charge in [0.15, 0.2) is 5.82 Å². The summed E-state index contributed by atoms with van der Waals surface area (Å²) in [6.07, 6.45) is 6.38. The summed E-state index contributed by atoms with van der Waals surface area (Å²) in [5, 5.41) is 21.6. The molecule has 0 bridgehead atoms. The van der Waals surface area contributed by atoms with E-state index in [2.05, 4.69) is 33.5 Å². The van der Waals surface area contributed by atoms with E-state index in [1.165, 1.54) is 32.1 Å². The van der Waals surface area contributed by atoms with Gasteiger partial charge >= 0.3 is 0 Å². The van der Waals surface area contributed by atoms with Gasteiger partial charge in [-0.2, -0.15) is 9.94 Å². The summed E-state index contributed by atoms with van der Waals surface area (Å²) >= 11 is 6.08. The Balaban J connectivity index is 1.82. The molecule has 0 unspecified atom stereocenters.